The zero-order valence-corrected chi connectivity index (χ0v) is 15.4. The molecule has 0 aliphatic carbocycles. The topological polar surface area (TPSA) is 97.3 Å². The number of aliphatic carboxylic acids is 1. The van der Waals surface area contributed by atoms with E-state index >= 15 is 0 Å². The van der Waals surface area contributed by atoms with Crippen molar-refractivity contribution in [2.24, 2.45) is 0 Å². The highest BCUT2D eigenvalue weighted by Crippen LogP contribution is 2.17. The van der Waals surface area contributed by atoms with Crippen LogP contribution in [0.5, 0.6) is 5.75 Å². The molecule has 7 heteroatoms. The fraction of sp³-hybridized carbons (Fsp3) is 0.526. The number of carboxylic acid groups (broad SMARTS) is 1. The molecule has 142 valence electrons. The van der Waals surface area contributed by atoms with Gasteiger partial charge in [0, 0.05) is 6.61 Å². The number of hydrogen-bond donors (Lipinski definition) is 2. The van der Waals surface area contributed by atoms with Gasteiger partial charge in [-0.2, -0.15) is 0 Å². The molecule has 0 aliphatic rings. The number of nitrogens with zero attached hydrogens (tertiary/aromatic N) is 2. The number of unbranched alkanes of at least 4 members (excludes halogenated alkanes) is 4. The molecule has 0 saturated carbocycles. The Kier molecular flexibility index (Phi) is 7.59. The lowest BCUT2D eigenvalue weighted by Crippen LogP contribution is -2.35. The minimum absolute atomic E-state index is 0.476. The first-order chi connectivity index (χ1) is 12.5. The predicted molar refractivity (Wildman–Crippen MR) is 98.1 cm³/mol. The number of pyridine rings is 1. The third-order valence-corrected chi connectivity index (χ3v) is 4.05. The normalized spacial score (nSPS) is 11.5. The number of nitrogens with one attached hydrogen (secondary N) is 1. The van der Waals surface area contributed by atoms with Crippen LogP contribution in [0.2, 0.25) is 0 Å². The van der Waals surface area contributed by atoms with Crippen molar-refractivity contribution in [3.05, 3.63) is 30.9 Å². The van der Waals surface area contributed by atoms with Gasteiger partial charge in [-0.05, 0) is 38.8 Å². The van der Waals surface area contributed by atoms with Crippen molar-refractivity contribution in [2.75, 3.05) is 13.2 Å². The van der Waals surface area contributed by atoms with Gasteiger partial charge in [-0.25, -0.2) is 9.78 Å². The lowest BCUT2D eigenvalue weighted by Gasteiger charge is -2.19. The van der Waals surface area contributed by atoms with Crippen LogP contribution in [0.3, 0.4) is 0 Å². The van der Waals surface area contributed by atoms with Gasteiger partial charge in [0.1, 0.15) is 5.75 Å². The van der Waals surface area contributed by atoms with E-state index in [2.05, 4.69) is 15.0 Å². The molecular weight excluding hydrogens is 334 g/mol. The number of carboxylic acids is 1. The molecule has 2 aromatic rings. The molecule has 2 heterocycles. The number of carbonyl (C=O) groups is 1. The van der Waals surface area contributed by atoms with Crippen molar-refractivity contribution in [1.29, 1.82) is 0 Å². The second-order valence-corrected chi connectivity index (χ2v) is 6.62. The van der Waals surface area contributed by atoms with Crippen molar-refractivity contribution < 1.29 is 19.4 Å². The molecule has 0 saturated heterocycles. The van der Waals surface area contributed by atoms with Crippen molar-refractivity contribution in [1.82, 2.24) is 15.0 Å². The predicted octanol–water partition coefficient (Wildman–Crippen LogP) is 3.68. The van der Waals surface area contributed by atoms with E-state index in [9.17, 15) is 4.79 Å². The first-order valence-electron chi connectivity index (χ1n) is 8.94. The summed E-state index contributed by atoms with van der Waals surface area (Å²) in [6.45, 7) is 4.28. The molecule has 26 heavy (non-hydrogen) atoms. The molecule has 2 rings (SSSR count). The molecule has 0 radical (unpaired) electrons. The Morgan fingerprint density at radius 2 is 1.85 bits per heavy atom. The molecule has 0 aromatic carbocycles. The summed E-state index contributed by atoms with van der Waals surface area (Å²) in [7, 11) is 0. The maximum atomic E-state index is 10.9. The fourth-order valence-electron chi connectivity index (χ4n) is 2.33. The number of rotatable bonds is 12. The molecule has 2 aromatic heterocycles. The standard InChI is InChI=1S/C19H27N3O4/c1-19(2,18(23)24)26-11-7-5-3-4-6-10-25-15-8-9-16(21-12-15)17-13-20-14-22-17/h8-9,12-14H,3-7,10-11H2,1-2H3,(H,20,22)(H,23,24). The van der Waals surface area contributed by atoms with E-state index in [4.69, 9.17) is 14.6 Å². The summed E-state index contributed by atoms with van der Waals surface area (Å²) in [4.78, 5) is 22.2. The highest BCUT2D eigenvalue weighted by atomic mass is 16.5. The van der Waals surface area contributed by atoms with E-state index in [1.54, 1.807) is 32.6 Å². The average molecular weight is 361 g/mol. The molecule has 0 fully saturated rings. The number of aromatic nitrogens is 3. The highest BCUT2D eigenvalue weighted by Gasteiger charge is 2.27. The maximum Gasteiger partial charge on any atom is 0.335 e. The van der Waals surface area contributed by atoms with Crippen LogP contribution in [0.15, 0.2) is 30.9 Å². The maximum absolute atomic E-state index is 10.9. The molecule has 0 unspecified atom stereocenters. The molecule has 0 bridgehead atoms. The van der Waals surface area contributed by atoms with Crippen LogP contribution >= 0.6 is 0 Å². The highest BCUT2D eigenvalue weighted by molar-refractivity contribution is 5.76. The molecule has 7 nitrogen and oxygen atoms in total. The molecule has 0 atom stereocenters. The summed E-state index contributed by atoms with van der Waals surface area (Å²) < 4.78 is 11.1. The van der Waals surface area contributed by atoms with Crippen molar-refractivity contribution >= 4 is 5.97 Å². The molecule has 2 N–H and O–H groups in total. The molecular formula is C19H27N3O4. The third-order valence-electron chi connectivity index (χ3n) is 4.05. The van der Waals surface area contributed by atoms with E-state index in [0.29, 0.717) is 13.2 Å². The summed E-state index contributed by atoms with van der Waals surface area (Å²) in [6.07, 6.45) is 10.1. The Balaban J connectivity index is 1.51. The monoisotopic (exact) mass is 361 g/mol. The van der Waals surface area contributed by atoms with E-state index < -0.39 is 11.6 Å². The van der Waals surface area contributed by atoms with Gasteiger partial charge in [0.15, 0.2) is 5.60 Å². The molecule has 0 amide bonds. The first-order valence-corrected chi connectivity index (χ1v) is 8.94. The Morgan fingerprint density at radius 3 is 2.46 bits per heavy atom. The second-order valence-electron chi connectivity index (χ2n) is 6.62. The summed E-state index contributed by atoms with van der Waals surface area (Å²) in [5, 5.41) is 8.95. The number of imidazole rings is 1. The van der Waals surface area contributed by atoms with E-state index in [1.165, 1.54) is 0 Å². The first kappa shape index (κ1) is 19.9. The minimum atomic E-state index is -1.10. The summed E-state index contributed by atoms with van der Waals surface area (Å²) in [5.74, 6) is -0.167. The average Bonchev–Trinajstić information content (AvgIpc) is 3.15. The van der Waals surface area contributed by atoms with Crippen LogP contribution in [-0.4, -0.2) is 44.8 Å². The number of aromatic amines is 1. The Labute approximate surface area is 153 Å². The summed E-state index contributed by atoms with van der Waals surface area (Å²) in [5.41, 5.74) is 0.616. The van der Waals surface area contributed by atoms with Gasteiger partial charge < -0.3 is 19.6 Å². The van der Waals surface area contributed by atoms with Crippen LogP contribution < -0.4 is 4.74 Å². The largest absolute Gasteiger partial charge is 0.492 e. The summed E-state index contributed by atoms with van der Waals surface area (Å²) in [6, 6.07) is 3.81. The van der Waals surface area contributed by atoms with Gasteiger partial charge in [0.2, 0.25) is 0 Å². The second kappa shape index (κ2) is 9.91. The zero-order chi connectivity index (χ0) is 18.8. The van der Waals surface area contributed by atoms with E-state index in [1.807, 2.05) is 12.1 Å². The van der Waals surface area contributed by atoms with Crippen LogP contribution in [0.1, 0.15) is 46.0 Å². The zero-order valence-electron chi connectivity index (χ0n) is 15.4. The van der Waals surface area contributed by atoms with Gasteiger partial charge >= 0.3 is 5.97 Å². The van der Waals surface area contributed by atoms with Crippen LogP contribution in [0.25, 0.3) is 11.4 Å². The number of hydrogen-bond acceptors (Lipinski definition) is 5. The van der Waals surface area contributed by atoms with E-state index in [0.717, 1.165) is 49.2 Å². The Bertz CT molecular complexity index is 654. The van der Waals surface area contributed by atoms with Crippen molar-refractivity contribution in [2.45, 2.75) is 51.6 Å². The SMILES string of the molecule is CC(C)(OCCCCCCCOc1ccc(-c2cnc[nH]2)nc1)C(=O)O. The number of H-pyrrole nitrogens is 1. The van der Waals surface area contributed by atoms with Gasteiger partial charge in [0.05, 0.1) is 36.7 Å². The van der Waals surface area contributed by atoms with Crippen molar-refractivity contribution in [3.8, 4) is 17.1 Å². The number of ether oxygens (including phenoxy) is 2. The Hall–Kier alpha value is -2.41. The lowest BCUT2D eigenvalue weighted by atomic mass is 10.1. The summed E-state index contributed by atoms with van der Waals surface area (Å²) >= 11 is 0. The minimum Gasteiger partial charge on any atom is -0.492 e. The van der Waals surface area contributed by atoms with E-state index in [-0.39, 0.29) is 0 Å². The quantitative estimate of drug-likeness (QED) is 0.560. The van der Waals surface area contributed by atoms with Crippen LogP contribution in [0, 0.1) is 0 Å². The smallest absolute Gasteiger partial charge is 0.335 e. The van der Waals surface area contributed by atoms with Crippen molar-refractivity contribution in [3.63, 3.8) is 0 Å². The fourth-order valence-corrected chi connectivity index (χ4v) is 2.33. The Morgan fingerprint density at radius 1 is 1.12 bits per heavy atom. The van der Waals surface area contributed by atoms with Gasteiger partial charge in [-0.1, -0.05) is 19.3 Å². The van der Waals surface area contributed by atoms with Gasteiger partial charge in [-0.3, -0.25) is 4.98 Å². The lowest BCUT2D eigenvalue weighted by molar-refractivity contribution is -0.161. The van der Waals surface area contributed by atoms with Crippen LogP contribution in [-0.2, 0) is 9.53 Å². The van der Waals surface area contributed by atoms with Gasteiger partial charge in [-0.15, -0.1) is 0 Å². The van der Waals surface area contributed by atoms with Crippen LogP contribution in [0.4, 0.5) is 0 Å². The molecule has 0 spiro atoms. The molecule has 0 aliphatic heterocycles. The van der Waals surface area contributed by atoms with Gasteiger partial charge in [0.25, 0.3) is 0 Å². The third kappa shape index (κ3) is 6.48.